The topological polar surface area (TPSA) is 89.6 Å². The van der Waals surface area contributed by atoms with Crippen LogP contribution in [0.1, 0.15) is 13.3 Å². The van der Waals surface area contributed by atoms with E-state index in [-0.39, 0.29) is 4.90 Å². The van der Waals surface area contributed by atoms with Gasteiger partial charge in [-0.05, 0) is 25.5 Å². The minimum Gasteiger partial charge on any atom is -0.382 e. The van der Waals surface area contributed by atoms with Gasteiger partial charge in [-0.3, -0.25) is 0 Å². The van der Waals surface area contributed by atoms with Gasteiger partial charge in [-0.1, -0.05) is 0 Å². The molecule has 1 aromatic heterocycles. The summed E-state index contributed by atoms with van der Waals surface area (Å²) in [5.41, 5.74) is 0. The summed E-state index contributed by atoms with van der Waals surface area (Å²) < 4.78 is 37.1. The molecule has 7 nitrogen and oxygen atoms in total. The molecule has 8 heteroatoms. The second-order valence-electron chi connectivity index (χ2n) is 4.24. The molecule has 1 aromatic rings. The van der Waals surface area contributed by atoms with Crippen LogP contribution in [-0.4, -0.2) is 53.4 Å². The Labute approximate surface area is 126 Å². The minimum absolute atomic E-state index is 0.159. The molecule has 0 bridgehead atoms. The average molecular weight is 317 g/mol. The smallest absolute Gasteiger partial charge is 0.244 e. The van der Waals surface area contributed by atoms with Gasteiger partial charge in [0, 0.05) is 33.0 Å². The van der Waals surface area contributed by atoms with E-state index >= 15 is 0 Å². The summed E-state index contributed by atoms with van der Waals surface area (Å²) in [4.78, 5) is 4.20. The average Bonchev–Trinajstić information content (AvgIpc) is 2.47. The molecule has 0 radical (unpaired) electrons. The number of anilines is 1. The molecular formula is C13H23N3O4S. The lowest BCUT2D eigenvalue weighted by atomic mass is 10.4. The highest BCUT2D eigenvalue weighted by atomic mass is 32.2. The molecule has 0 fully saturated rings. The van der Waals surface area contributed by atoms with E-state index in [4.69, 9.17) is 9.47 Å². The summed E-state index contributed by atoms with van der Waals surface area (Å²) in [6, 6.07) is 3.13. The molecule has 120 valence electrons. The number of rotatable bonds is 11. The first-order valence-electron chi connectivity index (χ1n) is 6.87. The zero-order valence-electron chi connectivity index (χ0n) is 12.5. The zero-order chi connectivity index (χ0) is 15.6. The third-order valence-corrected chi connectivity index (χ3v) is 4.09. The van der Waals surface area contributed by atoms with E-state index in [0.29, 0.717) is 45.1 Å². The number of pyridine rings is 1. The molecule has 0 atom stereocenters. The van der Waals surface area contributed by atoms with Crippen molar-refractivity contribution in [3.8, 4) is 0 Å². The highest BCUT2D eigenvalue weighted by Crippen LogP contribution is 2.17. The summed E-state index contributed by atoms with van der Waals surface area (Å²) in [6.45, 7) is 4.33. The van der Waals surface area contributed by atoms with Gasteiger partial charge in [0.2, 0.25) is 10.0 Å². The summed E-state index contributed by atoms with van der Waals surface area (Å²) in [7, 11) is -1.96. The van der Waals surface area contributed by atoms with Crippen molar-refractivity contribution in [3.05, 3.63) is 18.3 Å². The Morgan fingerprint density at radius 3 is 2.81 bits per heavy atom. The first-order chi connectivity index (χ1) is 10.1. The Hall–Kier alpha value is -1.22. The number of nitrogens with one attached hydrogen (secondary N) is 2. The van der Waals surface area contributed by atoms with E-state index in [1.54, 1.807) is 19.4 Å². The number of methoxy groups -OCH3 is 1. The van der Waals surface area contributed by atoms with Crippen LogP contribution in [0.5, 0.6) is 0 Å². The van der Waals surface area contributed by atoms with Gasteiger partial charge < -0.3 is 14.8 Å². The van der Waals surface area contributed by atoms with Crippen LogP contribution in [0.4, 0.5) is 5.82 Å². The largest absolute Gasteiger partial charge is 0.382 e. The molecule has 0 aliphatic heterocycles. The molecule has 2 N–H and O–H groups in total. The molecule has 0 spiro atoms. The maximum absolute atomic E-state index is 12.2. The summed E-state index contributed by atoms with van der Waals surface area (Å²) in [5, 5.41) is 2.94. The molecule has 0 saturated carbocycles. The summed E-state index contributed by atoms with van der Waals surface area (Å²) >= 11 is 0. The normalized spacial score (nSPS) is 11.5. The van der Waals surface area contributed by atoms with Gasteiger partial charge in [0.25, 0.3) is 0 Å². The number of hydrogen-bond acceptors (Lipinski definition) is 6. The third kappa shape index (κ3) is 6.38. The van der Waals surface area contributed by atoms with Crippen molar-refractivity contribution in [2.24, 2.45) is 0 Å². The SMILES string of the molecule is CCNc1ncccc1S(=O)(=O)NCCCOCCOC. The molecular weight excluding hydrogens is 294 g/mol. The molecule has 21 heavy (non-hydrogen) atoms. The zero-order valence-corrected chi connectivity index (χ0v) is 13.3. The Morgan fingerprint density at radius 2 is 2.10 bits per heavy atom. The van der Waals surface area contributed by atoms with Crippen LogP contribution >= 0.6 is 0 Å². The molecule has 0 aliphatic carbocycles. The van der Waals surface area contributed by atoms with E-state index in [2.05, 4.69) is 15.0 Å². The second-order valence-corrected chi connectivity index (χ2v) is 5.97. The number of nitrogens with zero attached hydrogens (tertiary/aromatic N) is 1. The summed E-state index contributed by atoms with van der Waals surface area (Å²) in [6.07, 6.45) is 2.15. The first kappa shape index (κ1) is 17.8. The first-order valence-corrected chi connectivity index (χ1v) is 8.35. The van der Waals surface area contributed by atoms with Crippen molar-refractivity contribution in [3.63, 3.8) is 0 Å². The van der Waals surface area contributed by atoms with Gasteiger partial charge in [-0.2, -0.15) is 0 Å². The lowest BCUT2D eigenvalue weighted by Gasteiger charge is -2.11. The van der Waals surface area contributed by atoms with Crippen LogP contribution in [0.3, 0.4) is 0 Å². The maximum Gasteiger partial charge on any atom is 0.244 e. The fourth-order valence-electron chi connectivity index (χ4n) is 1.61. The quantitative estimate of drug-likeness (QED) is 0.588. The standard InChI is InChI=1S/C13H23N3O4S/c1-3-14-13-12(6-4-7-15-13)21(17,18)16-8-5-9-20-11-10-19-2/h4,6-7,16H,3,5,8-11H2,1-2H3,(H,14,15). The molecule has 0 aliphatic rings. The van der Waals surface area contributed by atoms with Crippen LogP contribution < -0.4 is 10.0 Å². The Morgan fingerprint density at radius 1 is 1.29 bits per heavy atom. The highest BCUT2D eigenvalue weighted by Gasteiger charge is 2.18. The van der Waals surface area contributed by atoms with Crippen molar-refractivity contribution < 1.29 is 17.9 Å². The Balaban J connectivity index is 2.46. The van der Waals surface area contributed by atoms with Gasteiger partial charge in [-0.25, -0.2) is 18.1 Å². The van der Waals surface area contributed by atoms with Crippen molar-refractivity contribution in [1.29, 1.82) is 0 Å². The monoisotopic (exact) mass is 317 g/mol. The van der Waals surface area contributed by atoms with Crippen molar-refractivity contribution >= 4 is 15.8 Å². The van der Waals surface area contributed by atoms with Gasteiger partial charge in [0.15, 0.2) is 0 Å². The number of ether oxygens (including phenoxy) is 2. The van der Waals surface area contributed by atoms with Gasteiger partial charge in [-0.15, -0.1) is 0 Å². The number of sulfonamides is 1. The van der Waals surface area contributed by atoms with E-state index in [0.717, 1.165) is 0 Å². The predicted molar refractivity (Wildman–Crippen MR) is 80.9 cm³/mol. The predicted octanol–water partition coefficient (Wildman–Crippen LogP) is 0.845. The molecule has 0 amide bonds. The number of aromatic nitrogens is 1. The van der Waals surface area contributed by atoms with Crippen LogP contribution in [0.2, 0.25) is 0 Å². The highest BCUT2D eigenvalue weighted by molar-refractivity contribution is 7.89. The van der Waals surface area contributed by atoms with Gasteiger partial charge in [0.05, 0.1) is 13.2 Å². The molecule has 1 heterocycles. The minimum atomic E-state index is -3.57. The Bertz CT molecular complexity index is 508. The van der Waals surface area contributed by atoms with Crippen molar-refractivity contribution in [1.82, 2.24) is 9.71 Å². The molecule has 0 aromatic carbocycles. The fraction of sp³-hybridized carbons (Fsp3) is 0.615. The van der Waals surface area contributed by atoms with Crippen LogP contribution in [0.15, 0.2) is 23.2 Å². The van der Waals surface area contributed by atoms with Crippen LogP contribution in [-0.2, 0) is 19.5 Å². The summed E-state index contributed by atoms with van der Waals surface area (Å²) in [5.74, 6) is 0.365. The van der Waals surface area contributed by atoms with E-state index in [1.807, 2.05) is 6.92 Å². The Kier molecular flexibility index (Phi) is 8.21. The van der Waals surface area contributed by atoms with Crippen molar-refractivity contribution in [2.75, 3.05) is 45.3 Å². The molecule has 1 rings (SSSR count). The maximum atomic E-state index is 12.2. The molecule has 0 unspecified atom stereocenters. The van der Waals surface area contributed by atoms with Crippen molar-refractivity contribution in [2.45, 2.75) is 18.2 Å². The third-order valence-electron chi connectivity index (χ3n) is 2.59. The van der Waals surface area contributed by atoms with E-state index in [1.165, 1.54) is 6.07 Å². The lowest BCUT2D eigenvalue weighted by Crippen LogP contribution is -2.26. The van der Waals surface area contributed by atoms with E-state index < -0.39 is 10.0 Å². The molecule has 0 saturated heterocycles. The fourth-order valence-corrected chi connectivity index (χ4v) is 2.82. The van der Waals surface area contributed by atoms with Crippen LogP contribution in [0.25, 0.3) is 0 Å². The van der Waals surface area contributed by atoms with Gasteiger partial charge in [0.1, 0.15) is 10.7 Å². The van der Waals surface area contributed by atoms with Gasteiger partial charge >= 0.3 is 0 Å². The second kappa shape index (κ2) is 9.67. The van der Waals surface area contributed by atoms with Crippen LogP contribution in [0, 0.1) is 0 Å². The number of hydrogen-bond donors (Lipinski definition) is 2. The lowest BCUT2D eigenvalue weighted by molar-refractivity contribution is 0.0699. The van der Waals surface area contributed by atoms with E-state index in [9.17, 15) is 8.42 Å².